The Morgan fingerprint density at radius 2 is 1.97 bits per heavy atom. The standard InChI is InChI=1S/C22H19ClF4N2O3/c1-2-10-9-21(32,22(25,26)27)20(13-3-5-14(23)19(31)18(10)13)29-16-8-11(24)7-15-12(16)4-6-17(30)28-15/h3-8,10,20,29,31-32H,2,9H2,1H3,(H,28,30). The van der Waals surface area contributed by atoms with E-state index < -0.39 is 41.5 Å². The molecule has 2 aromatic carbocycles. The van der Waals surface area contributed by atoms with Gasteiger partial charge in [0, 0.05) is 22.7 Å². The number of rotatable bonds is 3. The van der Waals surface area contributed by atoms with Crippen molar-refractivity contribution in [2.24, 2.45) is 0 Å². The highest BCUT2D eigenvalue weighted by molar-refractivity contribution is 6.32. The van der Waals surface area contributed by atoms with E-state index >= 15 is 0 Å². The van der Waals surface area contributed by atoms with Gasteiger partial charge < -0.3 is 20.5 Å². The molecule has 1 aromatic heterocycles. The van der Waals surface area contributed by atoms with Crippen molar-refractivity contribution in [3.63, 3.8) is 0 Å². The van der Waals surface area contributed by atoms with E-state index in [1.165, 1.54) is 18.2 Å². The van der Waals surface area contributed by atoms with E-state index in [-0.39, 0.29) is 44.9 Å². The second-order valence-electron chi connectivity index (χ2n) is 7.94. The van der Waals surface area contributed by atoms with Crippen LogP contribution in [-0.4, -0.2) is 27.0 Å². The zero-order chi connectivity index (χ0) is 23.4. The summed E-state index contributed by atoms with van der Waals surface area (Å²) in [5, 5.41) is 24.4. The van der Waals surface area contributed by atoms with E-state index in [1.54, 1.807) is 6.92 Å². The first-order chi connectivity index (χ1) is 15.0. The van der Waals surface area contributed by atoms with Gasteiger partial charge in [-0.2, -0.15) is 13.2 Å². The Bertz CT molecular complexity index is 1260. The maximum atomic E-state index is 14.2. The van der Waals surface area contributed by atoms with Gasteiger partial charge in [0.05, 0.1) is 16.6 Å². The number of alkyl halides is 3. The second-order valence-corrected chi connectivity index (χ2v) is 8.35. The first kappa shape index (κ1) is 22.4. The number of pyridine rings is 1. The normalized spacial score (nSPS) is 23.2. The topological polar surface area (TPSA) is 85.4 Å². The average molecular weight is 471 g/mol. The highest BCUT2D eigenvalue weighted by Gasteiger charge is 2.62. The number of hydrogen-bond acceptors (Lipinski definition) is 4. The van der Waals surface area contributed by atoms with Gasteiger partial charge in [-0.05, 0) is 48.6 Å². The molecule has 0 saturated carbocycles. The average Bonchev–Trinajstić information content (AvgIpc) is 2.70. The molecular weight excluding hydrogens is 452 g/mol. The number of aromatic hydroxyl groups is 1. The molecule has 0 aliphatic heterocycles. The summed E-state index contributed by atoms with van der Waals surface area (Å²) < 4.78 is 56.9. The molecule has 3 atom stereocenters. The molecule has 3 aromatic rings. The molecule has 0 bridgehead atoms. The van der Waals surface area contributed by atoms with Gasteiger partial charge in [0.1, 0.15) is 11.6 Å². The fourth-order valence-electron chi connectivity index (χ4n) is 4.46. The van der Waals surface area contributed by atoms with Gasteiger partial charge in [0.15, 0.2) is 5.60 Å². The summed E-state index contributed by atoms with van der Waals surface area (Å²) in [6.45, 7) is 1.65. The fraction of sp³-hybridized carbons (Fsp3) is 0.318. The van der Waals surface area contributed by atoms with Crippen LogP contribution in [-0.2, 0) is 0 Å². The number of hydrogen-bond donors (Lipinski definition) is 4. The SMILES string of the molecule is CCC1CC(O)(C(F)(F)F)C(Nc2cc(F)cc3[nH]c(=O)ccc23)c2ccc(Cl)c(O)c21. The summed E-state index contributed by atoms with van der Waals surface area (Å²) in [4.78, 5) is 14.0. The van der Waals surface area contributed by atoms with E-state index in [0.29, 0.717) is 0 Å². The molecule has 4 rings (SSSR count). The lowest BCUT2D eigenvalue weighted by molar-refractivity contribution is -0.272. The number of aromatic amines is 1. The summed E-state index contributed by atoms with van der Waals surface area (Å²) >= 11 is 6.01. The van der Waals surface area contributed by atoms with Crippen LogP contribution in [0.2, 0.25) is 5.02 Å². The third-order valence-corrected chi connectivity index (χ3v) is 6.35. The minimum absolute atomic E-state index is 0.00617. The summed E-state index contributed by atoms with van der Waals surface area (Å²) in [7, 11) is 0. The van der Waals surface area contributed by atoms with Crippen molar-refractivity contribution in [3.05, 3.63) is 68.7 Å². The number of anilines is 1. The molecule has 10 heteroatoms. The Morgan fingerprint density at radius 3 is 2.62 bits per heavy atom. The second kappa shape index (κ2) is 7.67. The maximum Gasteiger partial charge on any atom is 0.419 e. The summed E-state index contributed by atoms with van der Waals surface area (Å²) in [6.07, 6.45) is -5.55. The Kier molecular flexibility index (Phi) is 5.37. The Balaban J connectivity index is 1.96. The fourth-order valence-corrected chi connectivity index (χ4v) is 4.63. The minimum Gasteiger partial charge on any atom is -0.506 e. The highest BCUT2D eigenvalue weighted by atomic mass is 35.5. The van der Waals surface area contributed by atoms with Crippen molar-refractivity contribution in [2.75, 3.05) is 5.32 Å². The Labute approximate surface area is 184 Å². The van der Waals surface area contributed by atoms with Gasteiger partial charge in [-0.1, -0.05) is 24.6 Å². The first-order valence-corrected chi connectivity index (χ1v) is 10.2. The number of phenolic OH excluding ortho intramolecular Hbond substituents is 1. The van der Waals surface area contributed by atoms with Gasteiger partial charge in [-0.3, -0.25) is 4.79 Å². The summed E-state index contributed by atoms with van der Waals surface area (Å²) in [6, 6.07) is 5.33. The summed E-state index contributed by atoms with van der Waals surface area (Å²) in [5.41, 5.74) is -3.49. The van der Waals surface area contributed by atoms with E-state index in [4.69, 9.17) is 11.6 Å². The van der Waals surface area contributed by atoms with Crippen molar-refractivity contribution in [1.29, 1.82) is 0 Å². The predicted octanol–water partition coefficient (Wildman–Crippen LogP) is 5.37. The molecule has 4 N–H and O–H groups in total. The quantitative estimate of drug-likeness (QED) is 0.388. The van der Waals surface area contributed by atoms with E-state index in [2.05, 4.69) is 10.3 Å². The largest absolute Gasteiger partial charge is 0.506 e. The van der Waals surface area contributed by atoms with Crippen LogP contribution in [0.5, 0.6) is 5.75 Å². The molecule has 0 fully saturated rings. The third kappa shape index (κ3) is 3.49. The number of fused-ring (bicyclic) bond motifs is 2. The van der Waals surface area contributed by atoms with E-state index in [9.17, 15) is 32.6 Å². The Hall–Kier alpha value is -2.78. The van der Waals surface area contributed by atoms with Crippen molar-refractivity contribution in [1.82, 2.24) is 4.98 Å². The number of phenols is 1. The van der Waals surface area contributed by atoms with Crippen LogP contribution < -0.4 is 10.9 Å². The Morgan fingerprint density at radius 1 is 1.25 bits per heavy atom. The van der Waals surface area contributed by atoms with Crippen LogP contribution in [0.15, 0.2) is 41.2 Å². The van der Waals surface area contributed by atoms with Crippen LogP contribution in [0.25, 0.3) is 10.9 Å². The van der Waals surface area contributed by atoms with Crippen molar-refractivity contribution < 1.29 is 27.8 Å². The zero-order valence-corrected chi connectivity index (χ0v) is 17.5. The molecule has 1 aliphatic carbocycles. The predicted molar refractivity (Wildman–Crippen MR) is 113 cm³/mol. The van der Waals surface area contributed by atoms with E-state index in [0.717, 1.165) is 18.2 Å². The number of aliphatic hydroxyl groups is 1. The van der Waals surface area contributed by atoms with Crippen molar-refractivity contribution >= 4 is 28.2 Å². The van der Waals surface area contributed by atoms with Crippen molar-refractivity contribution in [3.8, 4) is 5.75 Å². The lowest BCUT2D eigenvalue weighted by Gasteiger charge is -2.46. The number of nitrogens with one attached hydrogen (secondary N) is 2. The number of aromatic nitrogens is 1. The molecule has 0 amide bonds. The van der Waals surface area contributed by atoms with Crippen LogP contribution in [0, 0.1) is 5.82 Å². The lowest BCUT2D eigenvalue weighted by atomic mass is 9.69. The maximum absolute atomic E-state index is 14.2. The van der Waals surface area contributed by atoms with Crippen LogP contribution in [0.1, 0.15) is 42.9 Å². The molecule has 170 valence electrons. The third-order valence-electron chi connectivity index (χ3n) is 6.04. The highest BCUT2D eigenvalue weighted by Crippen LogP contribution is 2.56. The molecule has 3 unspecified atom stereocenters. The van der Waals surface area contributed by atoms with Gasteiger partial charge in [-0.25, -0.2) is 4.39 Å². The van der Waals surface area contributed by atoms with E-state index in [1.807, 2.05) is 0 Å². The molecule has 0 spiro atoms. The molecule has 1 heterocycles. The molecule has 32 heavy (non-hydrogen) atoms. The van der Waals surface area contributed by atoms with Crippen LogP contribution in [0.4, 0.5) is 23.2 Å². The first-order valence-electron chi connectivity index (χ1n) is 9.85. The monoisotopic (exact) mass is 470 g/mol. The molecule has 0 radical (unpaired) electrons. The van der Waals surface area contributed by atoms with Crippen LogP contribution in [0.3, 0.4) is 0 Å². The molecule has 0 saturated heterocycles. The lowest BCUT2D eigenvalue weighted by Crippen LogP contribution is -2.55. The molecule has 1 aliphatic rings. The van der Waals surface area contributed by atoms with Gasteiger partial charge in [-0.15, -0.1) is 0 Å². The van der Waals surface area contributed by atoms with Gasteiger partial charge in [0.25, 0.3) is 0 Å². The number of benzene rings is 2. The molecular formula is C22H19ClF4N2O3. The summed E-state index contributed by atoms with van der Waals surface area (Å²) in [5.74, 6) is -1.95. The molecule has 5 nitrogen and oxygen atoms in total. The van der Waals surface area contributed by atoms with Gasteiger partial charge >= 0.3 is 6.18 Å². The number of H-pyrrole nitrogens is 1. The smallest absolute Gasteiger partial charge is 0.419 e. The van der Waals surface area contributed by atoms with Gasteiger partial charge in [0.2, 0.25) is 5.56 Å². The number of halogens is 5. The minimum atomic E-state index is -5.04. The zero-order valence-electron chi connectivity index (χ0n) is 16.7. The van der Waals surface area contributed by atoms with Crippen LogP contribution >= 0.6 is 11.6 Å². The van der Waals surface area contributed by atoms with Crippen molar-refractivity contribution in [2.45, 2.75) is 43.5 Å².